The van der Waals surface area contributed by atoms with Crippen LogP contribution in [-0.2, 0) is 4.74 Å². The number of nitrogens with two attached hydrogens (primary N) is 1. The molecule has 0 saturated heterocycles. The molecule has 0 aliphatic rings. The third kappa shape index (κ3) is 2.44. The Morgan fingerprint density at radius 1 is 1.10 bits per heavy atom. The summed E-state index contributed by atoms with van der Waals surface area (Å²) in [5, 5.41) is 2.45. The summed E-state index contributed by atoms with van der Waals surface area (Å²) in [6.45, 7) is 4.28. The van der Waals surface area contributed by atoms with Gasteiger partial charge in [0.05, 0.1) is 11.6 Å². The second kappa shape index (κ2) is 6.35. The molecule has 0 radical (unpaired) electrons. The molecule has 2 aromatic carbocycles. The van der Waals surface area contributed by atoms with Crippen LogP contribution in [0.3, 0.4) is 0 Å². The molecule has 0 spiro atoms. The van der Waals surface area contributed by atoms with E-state index < -0.39 is 0 Å². The van der Waals surface area contributed by atoms with Gasteiger partial charge in [-0.2, -0.15) is 0 Å². The van der Waals surface area contributed by atoms with Gasteiger partial charge in [0.1, 0.15) is 0 Å². The van der Waals surface area contributed by atoms with Crippen LogP contribution >= 0.6 is 0 Å². The first kappa shape index (κ1) is 15.0. The van der Waals surface area contributed by atoms with Crippen molar-refractivity contribution >= 4 is 10.8 Å². The number of hydrogen-bond acceptors (Lipinski definition) is 3. The molecule has 0 bridgehead atoms. The molecule has 108 valence electrons. The first-order chi connectivity index (χ1) is 9.72. The van der Waals surface area contributed by atoms with Crippen molar-refractivity contribution in [3.63, 3.8) is 0 Å². The zero-order valence-corrected chi connectivity index (χ0v) is 12.5. The predicted octanol–water partition coefficient (Wildman–Crippen LogP) is 3.55. The van der Waals surface area contributed by atoms with E-state index in [9.17, 15) is 0 Å². The molecule has 1 unspecified atom stereocenters. The van der Waals surface area contributed by atoms with Crippen LogP contribution in [0, 0.1) is 0 Å². The average molecular weight is 272 g/mol. The van der Waals surface area contributed by atoms with E-state index in [2.05, 4.69) is 61.7 Å². The Kier molecular flexibility index (Phi) is 4.76. The molecule has 20 heavy (non-hydrogen) atoms. The number of methoxy groups -OCH3 is 1. The van der Waals surface area contributed by atoms with Gasteiger partial charge >= 0.3 is 0 Å². The summed E-state index contributed by atoms with van der Waals surface area (Å²) in [4.78, 5) is 0. The highest BCUT2D eigenvalue weighted by Crippen LogP contribution is 2.37. The van der Waals surface area contributed by atoms with Gasteiger partial charge in [0.15, 0.2) is 0 Å². The Labute approximate surface area is 121 Å². The lowest BCUT2D eigenvalue weighted by atomic mass is 9.82. The van der Waals surface area contributed by atoms with Gasteiger partial charge in [0.25, 0.3) is 0 Å². The van der Waals surface area contributed by atoms with E-state index in [1.807, 2.05) is 0 Å². The van der Waals surface area contributed by atoms with Crippen molar-refractivity contribution in [1.82, 2.24) is 5.43 Å². The Morgan fingerprint density at radius 2 is 1.75 bits per heavy atom. The average Bonchev–Trinajstić information content (AvgIpc) is 2.52. The summed E-state index contributed by atoms with van der Waals surface area (Å²) in [5.41, 5.74) is 3.88. The highest BCUT2D eigenvalue weighted by atomic mass is 16.5. The van der Waals surface area contributed by atoms with E-state index in [0.717, 1.165) is 12.8 Å². The van der Waals surface area contributed by atoms with E-state index in [0.29, 0.717) is 0 Å². The Hall–Kier alpha value is -1.42. The Balaban J connectivity index is 2.60. The highest BCUT2D eigenvalue weighted by Gasteiger charge is 2.37. The minimum absolute atomic E-state index is 0.0337. The predicted molar refractivity (Wildman–Crippen MR) is 84.3 cm³/mol. The molecule has 3 N–H and O–H groups in total. The summed E-state index contributed by atoms with van der Waals surface area (Å²) in [5.74, 6) is 5.88. The molecule has 0 aliphatic carbocycles. The van der Waals surface area contributed by atoms with E-state index >= 15 is 0 Å². The fourth-order valence-corrected chi connectivity index (χ4v) is 3.09. The Morgan fingerprint density at radius 3 is 2.35 bits per heavy atom. The first-order valence-electron chi connectivity index (χ1n) is 7.21. The molecule has 0 heterocycles. The van der Waals surface area contributed by atoms with Crippen molar-refractivity contribution in [2.75, 3.05) is 7.11 Å². The molecule has 0 fully saturated rings. The third-order valence-electron chi connectivity index (χ3n) is 4.43. The van der Waals surface area contributed by atoms with Crippen molar-refractivity contribution in [2.45, 2.75) is 38.3 Å². The van der Waals surface area contributed by atoms with Crippen LogP contribution in [0.5, 0.6) is 0 Å². The monoisotopic (exact) mass is 272 g/mol. The van der Waals surface area contributed by atoms with Gasteiger partial charge < -0.3 is 4.74 Å². The summed E-state index contributed by atoms with van der Waals surface area (Å²) >= 11 is 0. The third-order valence-corrected chi connectivity index (χ3v) is 4.43. The van der Waals surface area contributed by atoms with Crippen LogP contribution in [-0.4, -0.2) is 12.7 Å². The van der Waals surface area contributed by atoms with Gasteiger partial charge in [0, 0.05) is 7.11 Å². The number of hydrogen-bond donors (Lipinski definition) is 2. The van der Waals surface area contributed by atoms with Crippen LogP contribution in [0.1, 0.15) is 38.3 Å². The van der Waals surface area contributed by atoms with Crippen LogP contribution in [0.4, 0.5) is 0 Å². The normalized spacial score (nSPS) is 13.6. The standard InChI is InChI=1S/C17H24N2O/c1-4-17(5-2,20-3)16(19-18)15-12-8-10-13-9-6-7-11-14(13)15/h6-12,16,19H,4-5,18H2,1-3H3. The lowest BCUT2D eigenvalue weighted by Crippen LogP contribution is -2.47. The van der Waals surface area contributed by atoms with Gasteiger partial charge in [-0.1, -0.05) is 56.3 Å². The largest absolute Gasteiger partial charge is 0.376 e. The maximum absolute atomic E-state index is 5.88. The molecule has 0 amide bonds. The van der Waals surface area contributed by atoms with Gasteiger partial charge in [0.2, 0.25) is 0 Å². The molecule has 2 aromatic rings. The summed E-state index contributed by atoms with van der Waals surface area (Å²) < 4.78 is 5.85. The van der Waals surface area contributed by atoms with Gasteiger partial charge in [-0.25, -0.2) is 0 Å². The molecule has 3 nitrogen and oxygen atoms in total. The quantitative estimate of drug-likeness (QED) is 0.624. The van der Waals surface area contributed by atoms with Gasteiger partial charge in [-0.3, -0.25) is 11.3 Å². The van der Waals surface area contributed by atoms with E-state index in [-0.39, 0.29) is 11.6 Å². The van der Waals surface area contributed by atoms with Crippen LogP contribution < -0.4 is 11.3 Å². The Bertz CT molecular complexity index is 550. The molecular weight excluding hydrogens is 248 g/mol. The first-order valence-corrected chi connectivity index (χ1v) is 7.21. The van der Waals surface area contributed by atoms with E-state index in [4.69, 9.17) is 10.6 Å². The number of nitrogens with one attached hydrogen (secondary N) is 1. The van der Waals surface area contributed by atoms with Crippen LogP contribution in [0.15, 0.2) is 42.5 Å². The zero-order valence-electron chi connectivity index (χ0n) is 12.5. The second-order valence-electron chi connectivity index (χ2n) is 5.14. The summed E-state index contributed by atoms with van der Waals surface area (Å²) in [7, 11) is 1.77. The maximum atomic E-state index is 5.88. The molecule has 0 aromatic heterocycles. The van der Waals surface area contributed by atoms with E-state index in [1.54, 1.807) is 7.11 Å². The van der Waals surface area contributed by atoms with Gasteiger partial charge in [-0.15, -0.1) is 0 Å². The van der Waals surface area contributed by atoms with Crippen LogP contribution in [0.25, 0.3) is 10.8 Å². The summed E-state index contributed by atoms with van der Waals surface area (Å²) in [6, 6.07) is 14.7. The van der Waals surface area contributed by atoms with Crippen molar-refractivity contribution in [3.05, 3.63) is 48.0 Å². The molecular formula is C17H24N2O. The lowest BCUT2D eigenvalue weighted by Gasteiger charge is -2.38. The minimum atomic E-state index is -0.293. The summed E-state index contributed by atoms with van der Waals surface area (Å²) in [6.07, 6.45) is 1.80. The lowest BCUT2D eigenvalue weighted by molar-refractivity contribution is -0.0483. The number of hydrazine groups is 1. The van der Waals surface area contributed by atoms with Crippen molar-refractivity contribution < 1.29 is 4.74 Å². The van der Waals surface area contributed by atoms with Crippen molar-refractivity contribution in [1.29, 1.82) is 0 Å². The number of benzene rings is 2. The topological polar surface area (TPSA) is 47.3 Å². The molecule has 3 heteroatoms. The SMILES string of the molecule is CCC(CC)(OC)C(NN)c1cccc2ccccc12. The highest BCUT2D eigenvalue weighted by molar-refractivity contribution is 5.86. The number of rotatable bonds is 6. The van der Waals surface area contributed by atoms with Crippen molar-refractivity contribution in [3.8, 4) is 0 Å². The fraction of sp³-hybridized carbons (Fsp3) is 0.412. The van der Waals surface area contributed by atoms with Crippen molar-refractivity contribution in [2.24, 2.45) is 5.84 Å². The second-order valence-corrected chi connectivity index (χ2v) is 5.14. The smallest absolute Gasteiger partial charge is 0.0880 e. The number of fused-ring (bicyclic) bond motifs is 1. The number of ether oxygens (including phenoxy) is 1. The molecule has 0 saturated carbocycles. The molecule has 0 aliphatic heterocycles. The molecule has 1 atom stereocenters. The fourth-order valence-electron chi connectivity index (χ4n) is 3.09. The minimum Gasteiger partial charge on any atom is -0.376 e. The molecule has 2 rings (SSSR count). The zero-order chi connectivity index (χ0) is 14.6. The van der Waals surface area contributed by atoms with Crippen LogP contribution in [0.2, 0.25) is 0 Å². The van der Waals surface area contributed by atoms with Gasteiger partial charge in [-0.05, 0) is 29.2 Å². The van der Waals surface area contributed by atoms with E-state index in [1.165, 1.54) is 16.3 Å². The maximum Gasteiger partial charge on any atom is 0.0880 e.